The minimum absolute atomic E-state index is 0.162. The zero-order chi connectivity index (χ0) is 19.1. The van der Waals surface area contributed by atoms with Crippen LogP contribution >= 0.6 is 0 Å². The van der Waals surface area contributed by atoms with Crippen LogP contribution in [0.15, 0.2) is 36.5 Å². The lowest BCUT2D eigenvalue weighted by Crippen LogP contribution is -2.43. The molecular weight excluding hydrogens is 318 g/mol. The second-order valence-corrected chi connectivity index (χ2v) is 7.10. The highest BCUT2D eigenvalue weighted by Gasteiger charge is 2.24. The summed E-state index contributed by atoms with van der Waals surface area (Å²) in [5.74, 6) is -1.31. The molecule has 5 nitrogen and oxygen atoms in total. The van der Waals surface area contributed by atoms with Crippen LogP contribution in [0.25, 0.3) is 0 Å². The number of carbonyl (C=O) groups is 2. The Kier molecular flexibility index (Phi) is 12.4. The van der Waals surface area contributed by atoms with E-state index in [0.29, 0.717) is 17.4 Å². The van der Waals surface area contributed by atoms with E-state index in [2.05, 4.69) is 13.0 Å². The molecule has 0 heterocycles. The lowest BCUT2D eigenvalue weighted by atomic mass is 10.2. The third-order valence-electron chi connectivity index (χ3n) is 3.30. The van der Waals surface area contributed by atoms with Gasteiger partial charge in [0.05, 0.1) is 27.6 Å². The van der Waals surface area contributed by atoms with E-state index >= 15 is 0 Å². The smallest absolute Gasteiger partial charge is 0.307 e. The number of rotatable bonds is 13. The Morgan fingerprint density at radius 1 is 1.04 bits per heavy atom. The number of aliphatic carboxylic acids is 1. The van der Waals surface area contributed by atoms with Crippen LogP contribution in [-0.4, -0.2) is 55.3 Å². The molecule has 0 saturated heterocycles. The molecule has 142 valence electrons. The van der Waals surface area contributed by atoms with Gasteiger partial charge in [0, 0.05) is 6.42 Å². The fourth-order valence-corrected chi connectivity index (χ4v) is 2.20. The Balaban J connectivity index is 4.13. The molecule has 1 unspecified atom stereocenters. The number of likely N-dealkylation sites (N-methyl/N-ethyl adjacent to an activating group) is 1. The highest BCUT2D eigenvalue weighted by molar-refractivity contribution is 5.71. The van der Waals surface area contributed by atoms with Crippen molar-refractivity contribution in [2.75, 3.05) is 27.7 Å². The maximum Gasteiger partial charge on any atom is 0.307 e. The van der Waals surface area contributed by atoms with E-state index in [4.69, 9.17) is 9.84 Å². The number of hydrogen-bond acceptors (Lipinski definition) is 3. The number of hydrogen-bond donors (Lipinski definition) is 1. The van der Waals surface area contributed by atoms with Crippen molar-refractivity contribution in [3.05, 3.63) is 36.5 Å². The van der Waals surface area contributed by atoms with Crippen molar-refractivity contribution in [3.8, 4) is 0 Å². The van der Waals surface area contributed by atoms with Gasteiger partial charge in [-0.05, 0) is 12.8 Å². The predicted octanol–water partition coefficient (Wildman–Crippen LogP) is 3.72. The standard InChI is InChI=1S/C20H33NO4/c1-5-6-7-8-9-10-11-12-13-14-15-20(24)25-18(16-19(22)23)17-21(2,3)4/h8-13,18H,5-7,14-17H2,1-4H3/p+1/b9-8+,11-10+,13-12+. The van der Waals surface area contributed by atoms with E-state index in [9.17, 15) is 9.59 Å². The first-order chi connectivity index (χ1) is 11.7. The van der Waals surface area contributed by atoms with E-state index < -0.39 is 12.1 Å². The lowest BCUT2D eigenvalue weighted by molar-refractivity contribution is -0.873. The van der Waals surface area contributed by atoms with E-state index in [1.54, 1.807) is 0 Å². The van der Waals surface area contributed by atoms with Crippen molar-refractivity contribution in [1.82, 2.24) is 0 Å². The lowest BCUT2D eigenvalue weighted by Gasteiger charge is -2.28. The maximum atomic E-state index is 11.9. The molecule has 0 aliphatic rings. The molecule has 25 heavy (non-hydrogen) atoms. The molecule has 5 heteroatoms. The number of carbonyl (C=O) groups excluding carboxylic acids is 1. The van der Waals surface area contributed by atoms with Crippen LogP contribution in [0.4, 0.5) is 0 Å². The van der Waals surface area contributed by atoms with Gasteiger partial charge in [-0.2, -0.15) is 0 Å². The fraction of sp³-hybridized carbons (Fsp3) is 0.600. The fourth-order valence-electron chi connectivity index (χ4n) is 2.20. The summed E-state index contributed by atoms with van der Waals surface area (Å²) in [4.78, 5) is 22.8. The first kappa shape index (κ1) is 23.1. The summed E-state index contributed by atoms with van der Waals surface area (Å²) in [6.45, 7) is 2.64. The Hall–Kier alpha value is -1.88. The Bertz CT molecular complexity index is 473. The molecule has 0 fully saturated rings. The SMILES string of the molecule is CCCC/C=C/C=C/C=C/CCC(=O)OC(CC(=O)O)C[N+](C)(C)C. The molecule has 0 amide bonds. The molecule has 1 N–H and O–H groups in total. The quantitative estimate of drug-likeness (QED) is 0.237. The first-order valence-corrected chi connectivity index (χ1v) is 8.94. The minimum Gasteiger partial charge on any atom is -0.481 e. The molecule has 0 spiro atoms. The first-order valence-electron chi connectivity index (χ1n) is 8.94. The molecule has 1 atom stereocenters. The van der Waals surface area contributed by atoms with Gasteiger partial charge in [-0.1, -0.05) is 56.2 Å². The summed E-state index contributed by atoms with van der Waals surface area (Å²) in [6, 6.07) is 0. The zero-order valence-corrected chi connectivity index (χ0v) is 16.1. The average molecular weight is 352 g/mol. The van der Waals surface area contributed by atoms with Gasteiger partial charge >= 0.3 is 11.9 Å². The molecule has 0 aromatic heterocycles. The second-order valence-electron chi connectivity index (χ2n) is 7.10. The third kappa shape index (κ3) is 16.8. The van der Waals surface area contributed by atoms with E-state index in [1.165, 1.54) is 12.8 Å². The molecular formula is C20H34NO4+. The second kappa shape index (κ2) is 13.4. The van der Waals surface area contributed by atoms with Crippen molar-refractivity contribution >= 4 is 11.9 Å². The van der Waals surface area contributed by atoms with Crippen LogP contribution in [0.5, 0.6) is 0 Å². The summed E-state index contributed by atoms with van der Waals surface area (Å²) in [7, 11) is 5.82. The molecule has 0 aliphatic heterocycles. The minimum atomic E-state index is -0.955. The van der Waals surface area contributed by atoms with Gasteiger partial charge in [-0.3, -0.25) is 9.59 Å². The van der Waals surface area contributed by atoms with Crippen molar-refractivity contribution in [1.29, 1.82) is 0 Å². The Morgan fingerprint density at radius 2 is 1.64 bits per heavy atom. The third-order valence-corrected chi connectivity index (χ3v) is 3.30. The van der Waals surface area contributed by atoms with E-state index in [-0.39, 0.29) is 18.8 Å². The van der Waals surface area contributed by atoms with Crippen molar-refractivity contribution in [2.45, 2.75) is 51.6 Å². The average Bonchev–Trinajstić information content (AvgIpc) is 2.46. The van der Waals surface area contributed by atoms with Crippen LogP contribution in [0.1, 0.15) is 45.4 Å². The summed E-state index contributed by atoms with van der Waals surface area (Å²) in [5, 5.41) is 8.94. The number of unbranched alkanes of at least 4 members (excludes halogenated alkanes) is 2. The normalized spacial score (nSPS) is 13.8. The monoisotopic (exact) mass is 352 g/mol. The number of carboxylic acid groups (broad SMARTS) is 1. The van der Waals surface area contributed by atoms with Crippen LogP contribution < -0.4 is 0 Å². The van der Waals surface area contributed by atoms with Gasteiger partial charge < -0.3 is 14.3 Å². The van der Waals surface area contributed by atoms with Gasteiger partial charge in [0.2, 0.25) is 0 Å². The summed E-state index contributed by atoms with van der Waals surface area (Å²) >= 11 is 0. The zero-order valence-electron chi connectivity index (χ0n) is 16.1. The van der Waals surface area contributed by atoms with Crippen molar-refractivity contribution in [3.63, 3.8) is 0 Å². The van der Waals surface area contributed by atoms with E-state index in [1.807, 2.05) is 51.5 Å². The molecule has 0 radical (unpaired) electrons. The molecule has 0 aromatic rings. The molecule has 0 rings (SSSR count). The Labute approximate surface area is 152 Å². The van der Waals surface area contributed by atoms with Crippen LogP contribution in [0.3, 0.4) is 0 Å². The van der Waals surface area contributed by atoms with Crippen LogP contribution in [-0.2, 0) is 14.3 Å². The highest BCUT2D eigenvalue weighted by atomic mass is 16.5. The largest absolute Gasteiger partial charge is 0.481 e. The van der Waals surface area contributed by atoms with Gasteiger partial charge in [-0.25, -0.2) is 0 Å². The predicted molar refractivity (Wildman–Crippen MR) is 101 cm³/mol. The van der Waals surface area contributed by atoms with Gasteiger partial charge in [-0.15, -0.1) is 0 Å². The van der Waals surface area contributed by atoms with Crippen molar-refractivity contribution < 1.29 is 23.9 Å². The van der Waals surface area contributed by atoms with Crippen LogP contribution in [0.2, 0.25) is 0 Å². The summed E-state index contributed by atoms with van der Waals surface area (Å²) in [5.41, 5.74) is 0. The summed E-state index contributed by atoms with van der Waals surface area (Å²) < 4.78 is 5.86. The molecule has 0 bridgehead atoms. The van der Waals surface area contributed by atoms with Crippen LogP contribution in [0, 0.1) is 0 Å². The van der Waals surface area contributed by atoms with E-state index in [0.717, 1.165) is 6.42 Å². The number of quaternary nitrogens is 1. The maximum absolute atomic E-state index is 11.9. The van der Waals surface area contributed by atoms with Gasteiger partial charge in [0.1, 0.15) is 6.54 Å². The highest BCUT2D eigenvalue weighted by Crippen LogP contribution is 2.07. The molecule has 0 aromatic carbocycles. The molecule has 0 aliphatic carbocycles. The van der Waals surface area contributed by atoms with Crippen molar-refractivity contribution in [2.24, 2.45) is 0 Å². The number of ether oxygens (including phenoxy) is 1. The van der Waals surface area contributed by atoms with Gasteiger partial charge in [0.15, 0.2) is 6.10 Å². The topological polar surface area (TPSA) is 63.6 Å². The number of carboxylic acids is 1. The molecule has 0 saturated carbocycles. The Morgan fingerprint density at radius 3 is 2.16 bits per heavy atom. The number of nitrogens with zero attached hydrogens (tertiary/aromatic N) is 1. The number of esters is 1. The summed E-state index contributed by atoms with van der Waals surface area (Å²) in [6.07, 6.45) is 15.4. The number of allylic oxidation sites excluding steroid dienone is 6. The van der Waals surface area contributed by atoms with Gasteiger partial charge in [0.25, 0.3) is 0 Å².